The smallest absolute Gasteiger partial charge is 0.0626 e. The molecule has 2 heteroatoms. The van der Waals surface area contributed by atoms with Crippen molar-refractivity contribution < 1.29 is 0 Å². The molecule has 9 aromatic rings. The third-order valence-electron chi connectivity index (χ3n) is 9.58. The average molecular weight is 601 g/mol. The average Bonchev–Trinajstić information content (AvgIpc) is 3.47. The van der Waals surface area contributed by atoms with E-state index in [4.69, 9.17) is 0 Å². The van der Waals surface area contributed by atoms with Crippen LogP contribution in [0.1, 0.15) is 0 Å². The molecule has 0 amide bonds. The number of hydrogen-bond acceptors (Lipinski definition) is 1. The van der Waals surface area contributed by atoms with E-state index in [0.29, 0.717) is 0 Å². The van der Waals surface area contributed by atoms with Crippen molar-refractivity contribution in [3.8, 4) is 27.9 Å². The normalized spacial score (nSPS) is 11.5. The largest absolute Gasteiger partial charge is 0.344 e. The van der Waals surface area contributed by atoms with Crippen LogP contribution in [0.2, 0.25) is 0 Å². The van der Waals surface area contributed by atoms with E-state index in [2.05, 4.69) is 192 Å². The highest BCUT2D eigenvalue weighted by Gasteiger charge is 2.20. The molecule has 0 saturated heterocycles. The molecular weight excluding hydrogens is 569 g/mol. The van der Waals surface area contributed by atoms with Crippen molar-refractivity contribution in [2.24, 2.45) is 0 Å². The Morgan fingerprint density at radius 2 is 1.06 bits per heavy atom. The summed E-state index contributed by atoms with van der Waals surface area (Å²) < 4.78 is 2.49. The highest BCUT2D eigenvalue weighted by molar-refractivity contribution is 6.21. The third-order valence-corrected chi connectivity index (χ3v) is 9.58. The minimum absolute atomic E-state index is 1.16. The van der Waals surface area contributed by atoms with Crippen molar-refractivity contribution in [3.63, 3.8) is 0 Å². The summed E-state index contributed by atoms with van der Waals surface area (Å²) in [6.07, 6.45) is 0. The van der Waals surface area contributed by atoms with E-state index in [1.54, 1.807) is 0 Å². The maximum atomic E-state index is 2.49. The first-order chi connectivity index (χ1) is 23.3. The Morgan fingerprint density at radius 3 is 1.89 bits per heavy atom. The molecule has 0 saturated carbocycles. The summed E-state index contributed by atoms with van der Waals surface area (Å²) in [6.45, 7) is 0. The molecule has 0 fully saturated rings. The van der Waals surface area contributed by atoms with Gasteiger partial charge in [-0.3, -0.25) is 0 Å². The van der Waals surface area contributed by atoms with E-state index in [0.717, 1.165) is 5.69 Å². The molecule has 47 heavy (non-hydrogen) atoms. The lowest BCUT2D eigenvalue weighted by Crippen LogP contribution is -2.10. The lowest BCUT2D eigenvalue weighted by atomic mass is 9.93. The predicted octanol–water partition coefficient (Wildman–Crippen LogP) is 12.2. The number of nitrogens with zero attached hydrogens (tertiary/aromatic N) is 2. The van der Waals surface area contributed by atoms with Gasteiger partial charge in [0, 0.05) is 45.7 Å². The van der Waals surface area contributed by atoms with Crippen LogP contribution >= 0.6 is 0 Å². The molecule has 222 valence electrons. The molecule has 0 aliphatic heterocycles. The van der Waals surface area contributed by atoms with Crippen molar-refractivity contribution in [2.45, 2.75) is 0 Å². The van der Waals surface area contributed by atoms with Gasteiger partial charge < -0.3 is 9.47 Å². The van der Waals surface area contributed by atoms with E-state index in [9.17, 15) is 0 Å². The fourth-order valence-electron chi connectivity index (χ4n) is 7.35. The first-order valence-corrected chi connectivity index (χ1v) is 16.2. The molecule has 0 unspecified atom stereocenters. The fraction of sp³-hybridized carbons (Fsp3) is 0.0222. The van der Waals surface area contributed by atoms with Gasteiger partial charge in [-0.05, 0) is 63.7 Å². The lowest BCUT2D eigenvalue weighted by molar-refractivity contribution is 1.20. The van der Waals surface area contributed by atoms with Gasteiger partial charge in [-0.1, -0.05) is 140 Å². The van der Waals surface area contributed by atoms with E-state index in [-0.39, 0.29) is 0 Å². The Hall–Kier alpha value is -6.12. The molecule has 9 rings (SSSR count). The van der Waals surface area contributed by atoms with Gasteiger partial charge in [0.2, 0.25) is 0 Å². The van der Waals surface area contributed by atoms with Gasteiger partial charge in [-0.25, -0.2) is 0 Å². The number of benzene rings is 8. The van der Waals surface area contributed by atoms with Crippen molar-refractivity contribution in [1.29, 1.82) is 0 Å². The number of rotatable bonds is 5. The van der Waals surface area contributed by atoms with Crippen LogP contribution in [0.5, 0.6) is 0 Å². The molecule has 2 nitrogen and oxygen atoms in total. The van der Waals surface area contributed by atoms with E-state index >= 15 is 0 Å². The van der Waals surface area contributed by atoms with Gasteiger partial charge in [-0.15, -0.1) is 0 Å². The van der Waals surface area contributed by atoms with Crippen LogP contribution in [-0.2, 0) is 0 Å². The molecule has 0 spiro atoms. The van der Waals surface area contributed by atoms with Gasteiger partial charge in [0.1, 0.15) is 0 Å². The zero-order valence-corrected chi connectivity index (χ0v) is 26.1. The molecule has 0 aliphatic rings. The quantitative estimate of drug-likeness (QED) is 0.191. The first kappa shape index (κ1) is 27.2. The van der Waals surface area contributed by atoms with E-state index in [1.807, 2.05) is 0 Å². The fourth-order valence-corrected chi connectivity index (χ4v) is 7.35. The van der Waals surface area contributed by atoms with Crippen molar-refractivity contribution >= 4 is 54.7 Å². The summed E-state index contributed by atoms with van der Waals surface area (Å²) >= 11 is 0. The zero-order chi connectivity index (χ0) is 31.3. The van der Waals surface area contributed by atoms with Gasteiger partial charge in [0.25, 0.3) is 0 Å². The van der Waals surface area contributed by atoms with E-state index in [1.165, 1.54) is 77.0 Å². The molecule has 1 heterocycles. The lowest BCUT2D eigenvalue weighted by Gasteiger charge is -2.23. The molecule has 8 aromatic carbocycles. The topological polar surface area (TPSA) is 8.17 Å². The summed E-state index contributed by atoms with van der Waals surface area (Å²) in [6, 6.07) is 63.8. The Labute approximate surface area is 274 Å². The third kappa shape index (κ3) is 4.41. The van der Waals surface area contributed by atoms with Crippen LogP contribution in [0.15, 0.2) is 176 Å². The predicted molar refractivity (Wildman–Crippen MR) is 201 cm³/mol. The maximum Gasteiger partial charge on any atom is 0.0626 e. The summed E-state index contributed by atoms with van der Waals surface area (Å²) in [4.78, 5) is 2.26. The van der Waals surface area contributed by atoms with Crippen molar-refractivity contribution in [3.05, 3.63) is 176 Å². The number of anilines is 2. The second kappa shape index (κ2) is 11.0. The van der Waals surface area contributed by atoms with Crippen LogP contribution in [0.4, 0.5) is 11.4 Å². The molecule has 0 radical (unpaired) electrons. The molecule has 0 atom stereocenters. The second-order valence-corrected chi connectivity index (χ2v) is 12.2. The number of fused-ring (bicyclic) bond motifs is 5. The Kier molecular flexibility index (Phi) is 6.39. The zero-order valence-electron chi connectivity index (χ0n) is 26.1. The summed E-state index contributed by atoms with van der Waals surface area (Å²) in [5.74, 6) is 0. The van der Waals surface area contributed by atoms with Gasteiger partial charge in [0.15, 0.2) is 0 Å². The summed E-state index contributed by atoms with van der Waals surface area (Å²) in [5.41, 5.74) is 10.8. The van der Waals surface area contributed by atoms with E-state index < -0.39 is 0 Å². The number of aromatic nitrogens is 1. The molecule has 1 aromatic heterocycles. The summed E-state index contributed by atoms with van der Waals surface area (Å²) in [5, 5.41) is 7.50. The maximum absolute atomic E-state index is 2.49. The minimum Gasteiger partial charge on any atom is -0.344 e. The Balaban J connectivity index is 1.30. The molecular formula is C45H32N2. The van der Waals surface area contributed by atoms with Crippen LogP contribution in [0.25, 0.3) is 71.3 Å². The highest BCUT2D eigenvalue weighted by Crippen LogP contribution is 2.44. The van der Waals surface area contributed by atoms with Crippen LogP contribution in [0.3, 0.4) is 0 Å². The van der Waals surface area contributed by atoms with Crippen LogP contribution in [-0.4, -0.2) is 11.6 Å². The van der Waals surface area contributed by atoms with Crippen LogP contribution < -0.4 is 4.90 Å². The van der Waals surface area contributed by atoms with Gasteiger partial charge in [0.05, 0.1) is 16.7 Å². The van der Waals surface area contributed by atoms with Gasteiger partial charge >= 0.3 is 0 Å². The minimum atomic E-state index is 1.16. The molecule has 0 aliphatic carbocycles. The number of hydrogen-bond donors (Lipinski definition) is 0. The van der Waals surface area contributed by atoms with Gasteiger partial charge in [-0.2, -0.15) is 0 Å². The second-order valence-electron chi connectivity index (χ2n) is 12.2. The Bertz CT molecular complexity index is 2570. The molecule has 0 N–H and O–H groups in total. The Morgan fingerprint density at radius 1 is 0.447 bits per heavy atom. The van der Waals surface area contributed by atoms with Crippen molar-refractivity contribution in [1.82, 2.24) is 4.57 Å². The SMILES string of the molecule is CN(c1ccccc1)c1ccccc1-c1ccc(-c2c3ccccc3cc3c4ccccc4n(-c4cccc5ccccc45)c23)cc1. The first-order valence-electron chi connectivity index (χ1n) is 16.2. The standard InChI is InChI=1S/C45H32N2/c1-46(35-17-3-2-4-18-35)41-23-11-9-19-36(41)32-26-28-33(29-27-32)44-38-21-8-6-15-34(38)30-40-39-22-10-12-24-43(39)47(45(40)44)42-25-13-16-31-14-5-7-20-37(31)42/h2-30H,1H3. The van der Waals surface area contributed by atoms with Crippen molar-refractivity contribution in [2.75, 3.05) is 11.9 Å². The van der Waals surface area contributed by atoms with Crippen LogP contribution in [0, 0.1) is 0 Å². The summed E-state index contributed by atoms with van der Waals surface area (Å²) in [7, 11) is 2.14. The molecule has 0 bridgehead atoms. The number of para-hydroxylation sites is 3. The monoisotopic (exact) mass is 600 g/mol. The highest BCUT2D eigenvalue weighted by atomic mass is 15.1.